The predicted molar refractivity (Wildman–Crippen MR) is 269 cm³/mol. The maximum Gasteiger partial charge on any atom is 0.306 e. The van der Waals surface area contributed by atoms with Crippen LogP contribution in [0.15, 0.2) is 36.5 Å². The van der Waals surface area contributed by atoms with Gasteiger partial charge in [0, 0.05) is 6.42 Å². The molecule has 0 fully saturated rings. The van der Waals surface area contributed by atoms with Crippen LogP contribution in [0.25, 0.3) is 0 Å². The fourth-order valence-corrected chi connectivity index (χ4v) is 8.30. The lowest BCUT2D eigenvalue weighted by Gasteiger charge is -2.24. The summed E-state index contributed by atoms with van der Waals surface area (Å²) in [5, 5.41) is 23.8. The molecule has 0 bridgehead atoms. The fourth-order valence-electron chi connectivity index (χ4n) is 8.30. The zero-order chi connectivity index (χ0) is 45.2. The van der Waals surface area contributed by atoms with Gasteiger partial charge in [-0.05, 0) is 70.6 Å². The molecule has 3 unspecified atom stereocenters. The smallest absolute Gasteiger partial charge is 0.306 e. The molecule has 0 radical (unpaired) electrons. The molecule has 0 aliphatic carbocycles. The van der Waals surface area contributed by atoms with Crippen molar-refractivity contribution >= 4 is 11.9 Å². The summed E-state index contributed by atoms with van der Waals surface area (Å²) >= 11 is 0. The quantitative estimate of drug-likeness (QED) is 0.0321. The SMILES string of the molecule is CCCCCCCC/C=C\C/C=C/CCC(=O)OC(CCCCC/C=C/CCCCCCCCCCC)CC(=O)NC(CO)C(O)CCCCCCCCCCCCCCCC. The molecule has 6 heteroatoms. The van der Waals surface area contributed by atoms with Gasteiger partial charge < -0.3 is 20.3 Å². The van der Waals surface area contributed by atoms with E-state index in [0.717, 1.165) is 64.2 Å². The summed E-state index contributed by atoms with van der Waals surface area (Å²) in [4.78, 5) is 26.1. The lowest BCUT2D eigenvalue weighted by atomic mass is 10.0. The first-order valence-corrected chi connectivity index (χ1v) is 27.2. The van der Waals surface area contributed by atoms with Gasteiger partial charge in [0.2, 0.25) is 5.91 Å². The highest BCUT2D eigenvalue weighted by Gasteiger charge is 2.24. The normalized spacial score (nSPS) is 13.4. The Bertz CT molecular complexity index is 1020. The molecule has 0 saturated carbocycles. The summed E-state index contributed by atoms with van der Waals surface area (Å²) in [6, 6.07) is -0.715. The molecular weight excluding hydrogens is 767 g/mol. The Morgan fingerprint density at radius 2 is 0.823 bits per heavy atom. The number of aliphatic hydroxyl groups excluding tert-OH is 2. The van der Waals surface area contributed by atoms with Crippen molar-refractivity contribution in [2.75, 3.05) is 6.61 Å². The lowest BCUT2D eigenvalue weighted by molar-refractivity contribution is -0.150. The van der Waals surface area contributed by atoms with Crippen LogP contribution in [0.4, 0.5) is 0 Å². The first-order chi connectivity index (χ1) is 30.5. The number of hydrogen-bond acceptors (Lipinski definition) is 5. The Kier molecular flexibility index (Phi) is 48.5. The van der Waals surface area contributed by atoms with Crippen molar-refractivity contribution in [1.82, 2.24) is 5.32 Å². The van der Waals surface area contributed by atoms with Gasteiger partial charge >= 0.3 is 5.97 Å². The van der Waals surface area contributed by atoms with Crippen LogP contribution in [-0.4, -0.2) is 46.9 Å². The van der Waals surface area contributed by atoms with E-state index in [9.17, 15) is 19.8 Å². The zero-order valence-electron chi connectivity index (χ0n) is 41.5. The average Bonchev–Trinajstić information content (AvgIpc) is 3.26. The maximum atomic E-state index is 13.2. The summed E-state index contributed by atoms with van der Waals surface area (Å²) in [6.07, 6.45) is 59.3. The van der Waals surface area contributed by atoms with E-state index in [2.05, 4.69) is 56.5 Å². The van der Waals surface area contributed by atoms with E-state index in [-0.39, 0.29) is 31.3 Å². The molecular formula is C56H105NO5. The first-order valence-electron chi connectivity index (χ1n) is 27.2. The number of carbonyl (C=O) groups excluding carboxylic acids is 2. The second-order valence-electron chi connectivity index (χ2n) is 18.6. The van der Waals surface area contributed by atoms with Crippen LogP contribution in [0.5, 0.6) is 0 Å². The van der Waals surface area contributed by atoms with Gasteiger partial charge in [-0.1, -0.05) is 237 Å². The van der Waals surface area contributed by atoms with E-state index in [1.165, 1.54) is 167 Å². The van der Waals surface area contributed by atoms with Gasteiger partial charge in [0.15, 0.2) is 0 Å². The van der Waals surface area contributed by atoms with Crippen LogP contribution < -0.4 is 5.32 Å². The Hall–Kier alpha value is -1.92. The van der Waals surface area contributed by atoms with Crippen molar-refractivity contribution in [2.45, 2.75) is 302 Å². The molecule has 0 heterocycles. The van der Waals surface area contributed by atoms with Crippen LogP contribution in [0.3, 0.4) is 0 Å². The number of nitrogens with one attached hydrogen (secondary N) is 1. The molecule has 364 valence electrons. The molecule has 0 rings (SSSR count). The Labute approximate surface area is 385 Å². The fraction of sp³-hybridized carbons (Fsp3) is 0.857. The molecule has 0 saturated heterocycles. The van der Waals surface area contributed by atoms with Crippen LogP contribution in [0.1, 0.15) is 284 Å². The summed E-state index contributed by atoms with van der Waals surface area (Å²) in [6.45, 7) is 6.48. The standard InChI is InChI=1S/C56H105NO5/c1-4-7-10-13-16-19-22-25-27-28-30-32-35-38-41-44-47-52(62-56(61)49-46-43-40-37-34-29-24-21-18-15-12-9-6-3)50-55(60)57-53(51-58)54(59)48-45-42-39-36-33-31-26-23-20-17-14-11-8-5-2/h29-30,32,34,40,43,52-54,58-59H,4-28,31,33,35-39,41-42,44-51H2,1-3H3,(H,57,60)/b32-30+,34-29-,43-40+. The zero-order valence-corrected chi connectivity index (χ0v) is 41.5. The highest BCUT2D eigenvalue weighted by Crippen LogP contribution is 2.17. The van der Waals surface area contributed by atoms with Crippen molar-refractivity contribution in [3.8, 4) is 0 Å². The summed E-state index contributed by atoms with van der Waals surface area (Å²) in [5.41, 5.74) is 0. The number of unbranched alkanes of at least 4 members (excludes halogenated alkanes) is 31. The monoisotopic (exact) mass is 872 g/mol. The van der Waals surface area contributed by atoms with Gasteiger partial charge in [-0.2, -0.15) is 0 Å². The van der Waals surface area contributed by atoms with E-state index < -0.39 is 18.2 Å². The molecule has 62 heavy (non-hydrogen) atoms. The van der Waals surface area contributed by atoms with Gasteiger partial charge in [0.25, 0.3) is 0 Å². The highest BCUT2D eigenvalue weighted by molar-refractivity contribution is 5.77. The lowest BCUT2D eigenvalue weighted by Crippen LogP contribution is -2.46. The van der Waals surface area contributed by atoms with Crippen LogP contribution in [0.2, 0.25) is 0 Å². The van der Waals surface area contributed by atoms with Gasteiger partial charge in [0.1, 0.15) is 6.10 Å². The summed E-state index contributed by atoms with van der Waals surface area (Å²) in [7, 11) is 0. The third-order valence-electron chi connectivity index (χ3n) is 12.5. The minimum atomic E-state index is -0.798. The Morgan fingerprint density at radius 1 is 0.468 bits per heavy atom. The van der Waals surface area contributed by atoms with Crippen LogP contribution in [-0.2, 0) is 14.3 Å². The minimum Gasteiger partial charge on any atom is -0.462 e. The second-order valence-corrected chi connectivity index (χ2v) is 18.6. The van der Waals surface area contributed by atoms with Crippen molar-refractivity contribution in [2.24, 2.45) is 0 Å². The molecule has 0 aromatic heterocycles. The number of ether oxygens (including phenoxy) is 1. The van der Waals surface area contributed by atoms with Gasteiger partial charge in [-0.15, -0.1) is 0 Å². The Morgan fingerprint density at radius 3 is 1.26 bits per heavy atom. The third-order valence-corrected chi connectivity index (χ3v) is 12.5. The number of aliphatic hydroxyl groups is 2. The number of hydrogen-bond donors (Lipinski definition) is 3. The van der Waals surface area contributed by atoms with Crippen LogP contribution >= 0.6 is 0 Å². The average molecular weight is 872 g/mol. The number of rotatable bonds is 49. The van der Waals surface area contributed by atoms with E-state index in [4.69, 9.17) is 4.74 Å². The molecule has 0 spiro atoms. The molecule has 0 aromatic rings. The topological polar surface area (TPSA) is 95.9 Å². The third kappa shape index (κ3) is 44.7. The molecule has 3 atom stereocenters. The highest BCUT2D eigenvalue weighted by atomic mass is 16.5. The molecule has 0 aliphatic rings. The predicted octanol–water partition coefficient (Wildman–Crippen LogP) is 16.5. The van der Waals surface area contributed by atoms with E-state index in [1.54, 1.807) is 0 Å². The van der Waals surface area contributed by atoms with Crippen molar-refractivity contribution in [1.29, 1.82) is 0 Å². The molecule has 0 aromatic carbocycles. The van der Waals surface area contributed by atoms with Gasteiger partial charge in [-0.25, -0.2) is 0 Å². The largest absolute Gasteiger partial charge is 0.462 e. The number of amides is 1. The van der Waals surface area contributed by atoms with Crippen molar-refractivity contribution in [3.05, 3.63) is 36.5 Å². The van der Waals surface area contributed by atoms with E-state index in [0.29, 0.717) is 19.3 Å². The molecule has 6 nitrogen and oxygen atoms in total. The summed E-state index contributed by atoms with van der Waals surface area (Å²) in [5.74, 6) is -0.559. The van der Waals surface area contributed by atoms with Crippen molar-refractivity contribution < 1.29 is 24.5 Å². The maximum absolute atomic E-state index is 13.2. The number of allylic oxidation sites excluding steroid dienone is 6. The van der Waals surface area contributed by atoms with Crippen LogP contribution in [0, 0.1) is 0 Å². The molecule has 1 amide bonds. The van der Waals surface area contributed by atoms with E-state index >= 15 is 0 Å². The van der Waals surface area contributed by atoms with Crippen molar-refractivity contribution in [3.63, 3.8) is 0 Å². The number of carbonyl (C=O) groups is 2. The molecule has 0 aliphatic heterocycles. The van der Waals surface area contributed by atoms with Gasteiger partial charge in [0.05, 0.1) is 25.2 Å². The Balaban J connectivity index is 4.63. The molecule has 3 N–H and O–H groups in total. The van der Waals surface area contributed by atoms with E-state index in [1.807, 2.05) is 6.08 Å². The second kappa shape index (κ2) is 50.1. The minimum absolute atomic E-state index is 0.0473. The van der Waals surface area contributed by atoms with Gasteiger partial charge in [-0.3, -0.25) is 9.59 Å². The number of esters is 1. The first kappa shape index (κ1) is 60.1. The summed E-state index contributed by atoms with van der Waals surface area (Å²) < 4.78 is 5.90.